The van der Waals surface area contributed by atoms with Crippen LogP contribution < -0.4 is 5.73 Å². The molecule has 0 radical (unpaired) electrons. The largest absolute Gasteiger partial charge is 0.370 e. The van der Waals surface area contributed by atoms with Crippen LogP contribution in [0.25, 0.3) is 0 Å². The first-order valence-electron chi connectivity index (χ1n) is 5.23. The molecule has 1 unspecified atom stereocenters. The van der Waals surface area contributed by atoms with Gasteiger partial charge in [0.2, 0.25) is 0 Å². The van der Waals surface area contributed by atoms with Gasteiger partial charge >= 0.3 is 0 Å². The lowest BCUT2D eigenvalue weighted by atomic mass is 10.3. The van der Waals surface area contributed by atoms with Gasteiger partial charge in [-0.15, -0.1) is 0 Å². The van der Waals surface area contributed by atoms with Crippen LogP contribution in [0.3, 0.4) is 0 Å². The Morgan fingerprint density at radius 2 is 2.27 bits per heavy atom. The molecular weight excluding hydrogens is 214 g/mol. The highest BCUT2D eigenvalue weighted by atomic mass is 32.2. The molecule has 0 aromatic carbocycles. The molecule has 1 rings (SSSR count). The van der Waals surface area contributed by atoms with Gasteiger partial charge in [0.15, 0.2) is 15.8 Å². The van der Waals surface area contributed by atoms with E-state index in [1.165, 1.54) is 0 Å². The standard InChI is InChI=1S/C9H19N3O2S/c1-3-4-11-9(10)12-5-6-15(13,14)7-8(12)2/h8H,3-7H2,1-2H3,(H2,10,11). The normalized spacial score (nSPS) is 26.7. The van der Waals surface area contributed by atoms with E-state index in [1.54, 1.807) is 0 Å². The lowest BCUT2D eigenvalue weighted by Gasteiger charge is -2.33. The van der Waals surface area contributed by atoms with Crippen molar-refractivity contribution < 1.29 is 8.42 Å². The van der Waals surface area contributed by atoms with Gasteiger partial charge in [0.05, 0.1) is 11.5 Å². The molecule has 0 bridgehead atoms. The Kier molecular flexibility index (Phi) is 3.96. The molecule has 0 saturated carbocycles. The molecule has 0 aliphatic carbocycles. The molecular formula is C9H19N3O2S. The van der Waals surface area contributed by atoms with E-state index in [-0.39, 0.29) is 17.5 Å². The maximum Gasteiger partial charge on any atom is 0.191 e. The highest BCUT2D eigenvalue weighted by molar-refractivity contribution is 7.91. The fraction of sp³-hybridized carbons (Fsp3) is 0.889. The molecule has 5 nitrogen and oxygen atoms in total. The monoisotopic (exact) mass is 233 g/mol. The molecule has 1 fully saturated rings. The quantitative estimate of drug-likeness (QED) is 0.531. The van der Waals surface area contributed by atoms with Gasteiger partial charge in [-0.1, -0.05) is 6.92 Å². The molecule has 6 heteroatoms. The summed E-state index contributed by atoms with van der Waals surface area (Å²) in [4.78, 5) is 6.06. The number of sulfone groups is 1. The Balaban J connectivity index is 2.66. The summed E-state index contributed by atoms with van der Waals surface area (Å²) in [7, 11) is -2.87. The van der Waals surface area contributed by atoms with E-state index in [0.29, 0.717) is 19.0 Å². The van der Waals surface area contributed by atoms with Crippen molar-refractivity contribution in [1.82, 2.24) is 4.90 Å². The molecule has 0 aromatic heterocycles. The van der Waals surface area contributed by atoms with Crippen LogP contribution in [-0.4, -0.2) is 49.9 Å². The molecule has 1 saturated heterocycles. The zero-order chi connectivity index (χ0) is 11.5. The third kappa shape index (κ3) is 3.37. The third-order valence-corrected chi connectivity index (χ3v) is 4.26. The van der Waals surface area contributed by atoms with E-state index in [2.05, 4.69) is 4.99 Å². The molecule has 1 aliphatic rings. The van der Waals surface area contributed by atoms with Crippen LogP contribution in [0.5, 0.6) is 0 Å². The summed E-state index contributed by atoms with van der Waals surface area (Å²) in [6.45, 7) is 5.05. The van der Waals surface area contributed by atoms with Crippen molar-refractivity contribution in [2.24, 2.45) is 10.7 Å². The van der Waals surface area contributed by atoms with Crippen molar-refractivity contribution >= 4 is 15.8 Å². The summed E-state index contributed by atoms with van der Waals surface area (Å²) in [6.07, 6.45) is 0.946. The summed E-state index contributed by atoms with van der Waals surface area (Å²) in [6, 6.07) is -0.0654. The molecule has 0 amide bonds. The van der Waals surface area contributed by atoms with E-state index < -0.39 is 9.84 Å². The molecule has 0 aromatic rings. The number of hydrogen-bond donors (Lipinski definition) is 1. The topological polar surface area (TPSA) is 75.8 Å². The molecule has 1 aliphatic heterocycles. The first-order chi connectivity index (χ1) is 6.96. The van der Waals surface area contributed by atoms with Crippen molar-refractivity contribution in [1.29, 1.82) is 0 Å². The average Bonchev–Trinajstić information content (AvgIpc) is 2.12. The van der Waals surface area contributed by atoms with Gasteiger partial charge in [-0.3, -0.25) is 4.99 Å². The van der Waals surface area contributed by atoms with Crippen LogP contribution >= 0.6 is 0 Å². The Hall–Kier alpha value is -0.780. The third-order valence-electron chi connectivity index (χ3n) is 2.46. The Morgan fingerprint density at radius 1 is 1.60 bits per heavy atom. The minimum absolute atomic E-state index is 0.0654. The van der Waals surface area contributed by atoms with E-state index in [4.69, 9.17) is 5.73 Å². The van der Waals surface area contributed by atoms with Gasteiger partial charge in [0.25, 0.3) is 0 Å². The van der Waals surface area contributed by atoms with Crippen molar-refractivity contribution in [3.8, 4) is 0 Å². The summed E-state index contributed by atoms with van der Waals surface area (Å²) in [5.74, 6) is 0.828. The Labute approximate surface area is 91.3 Å². The Morgan fingerprint density at radius 3 is 2.80 bits per heavy atom. The van der Waals surface area contributed by atoms with Crippen LogP contribution in [-0.2, 0) is 9.84 Å². The maximum atomic E-state index is 11.3. The van der Waals surface area contributed by atoms with Crippen LogP contribution in [0.15, 0.2) is 4.99 Å². The molecule has 1 atom stereocenters. The smallest absolute Gasteiger partial charge is 0.191 e. The number of nitrogens with two attached hydrogens (primary N) is 1. The minimum atomic E-state index is -2.87. The highest BCUT2D eigenvalue weighted by Gasteiger charge is 2.28. The van der Waals surface area contributed by atoms with E-state index in [1.807, 2.05) is 18.7 Å². The molecule has 0 spiro atoms. The van der Waals surface area contributed by atoms with Gasteiger partial charge in [0.1, 0.15) is 0 Å². The minimum Gasteiger partial charge on any atom is -0.370 e. The number of guanidine groups is 1. The zero-order valence-corrected chi connectivity index (χ0v) is 10.1. The van der Waals surface area contributed by atoms with Crippen molar-refractivity contribution in [2.75, 3.05) is 24.6 Å². The predicted molar refractivity (Wildman–Crippen MR) is 61.6 cm³/mol. The Bertz CT molecular complexity index is 337. The first-order valence-corrected chi connectivity index (χ1v) is 7.05. The number of rotatable bonds is 2. The van der Waals surface area contributed by atoms with E-state index in [0.717, 1.165) is 6.42 Å². The van der Waals surface area contributed by atoms with Crippen LogP contribution in [0, 0.1) is 0 Å². The second kappa shape index (κ2) is 4.83. The van der Waals surface area contributed by atoms with Gasteiger partial charge in [-0.25, -0.2) is 8.42 Å². The van der Waals surface area contributed by atoms with Gasteiger partial charge in [-0.05, 0) is 13.3 Å². The number of nitrogens with zero attached hydrogens (tertiary/aromatic N) is 2. The fourth-order valence-electron chi connectivity index (χ4n) is 1.66. The summed E-state index contributed by atoms with van der Waals surface area (Å²) >= 11 is 0. The second-order valence-electron chi connectivity index (χ2n) is 3.90. The number of hydrogen-bond acceptors (Lipinski definition) is 3. The zero-order valence-electron chi connectivity index (χ0n) is 9.31. The first kappa shape index (κ1) is 12.3. The van der Waals surface area contributed by atoms with E-state index >= 15 is 0 Å². The number of aliphatic imine (C=N–C) groups is 1. The summed E-state index contributed by atoms with van der Waals surface area (Å²) in [5, 5.41) is 0. The second-order valence-corrected chi connectivity index (χ2v) is 6.13. The molecule has 1 heterocycles. The van der Waals surface area contributed by atoms with Crippen molar-refractivity contribution in [3.05, 3.63) is 0 Å². The highest BCUT2D eigenvalue weighted by Crippen LogP contribution is 2.10. The van der Waals surface area contributed by atoms with Crippen LogP contribution in [0.1, 0.15) is 20.3 Å². The average molecular weight is 233 g/mol. The lowest BCUT2D eigenvalue weighted by molar-refractivity contribution is 0.348. The summed E-state index contributed by atoms with van der Waals surface area (Å²) < 4.78 is 22.7. The SMILES string of the molecule is CCCN=C(N)N1CCS(=O)(=O)CC1C. The molecule has 88 valence electrons. The van der Waals surface area contributed by atoms with Crippen molar-refractivity contribution in [3.63, 3.8) is 0 Å². The summed E-state index contributed by atoms with van der Waals surface area (Å²) in [5.41, 5.74) is 5.79. The van der Waals surface area contributed by atoms with Gasteiger partial charge in [0, 0.05) is 19.1 Å². The van der Waals surface area contributed by atoms with Gasteiger partial charge < -0.3 is 10.6 Å². The predicted octanol–water partition coefficient (Wildman–Crippen LogP) is -0.170. The van der Waals surface area contributed by atoms with Crippen molar-refractivity contribution in [2.45, 2.75) is 26.3 Å². The van der Waals surface area contributed by atoms with Crippen LogP contribution in [0.2, 0.25) is 0 Å². The fourth-order valence-corrected chi connectivity index (χ4v) is 3.21. The molecule has 2 N–H and O–H groups in total. The maximum absolute atomic E-state index is 11.3. The molecule has 15 heavy (non-hydrogen) atoms. The van der Waals surface area contributed by atoms with Crippen LogP contribution in [0.4, 0.5) is 0 Å². The van der Waals surface area contributed by atoms with Gasteiger partial charge in [-0.2, -0.15) is 0 Å². The van der Waals surface area contributed by atoms with E-state index in [9.17, 15) is 8.42 Å². The lowest BCUT2D eigenvalue weighted by Crippen LogP contribution is -2.52.